The number of H-pyrrole nitrogens is 2. The number of hydrogen-bond acceptors (Lipinski definition) is 7. The third-order valence-corrected chi connectivity index (χ3v) is 8.44. The average molecular weight is 707 g/mol. The van der Waals surface area contributed by atoms with E-state index in [1.54, 1.807) is 6.33 Å². The van der Waals surface area contributed by atoms with Crippen LogP contribution in [-0.2, 0) is 4.74 Å². The van der Waals surface area contributed by atoms with E-state index in [4.69, 9.17) is 16.3 Å². The van der Waals surface area contributed by atoms with E-state index in [0.717, 1.165) is 90.6 Å². The Kier molecular flexibility index (Phi) is 7.41. The minimum absolute atomic E-state index is 0.480. The van der Waals surface area contributed by atoms with Gasteiger partial charge in [-0.3, -0.25) is 0 Å². The molecule has 7 aromatic rings. The van der Waals surface area contributed by atoms with Crippen LogP contribution >= 0.6 is 43.5 Å². The zero-order chi connectivity index (χ0) is 28.6. The molecule has 0 aliphatic carbocycles. The zero-order valence-corrected chi connectivity index (χ0v) is 26.0. The monoisotopic (exact) mass is 704 g/mol. The number of nitrogens with zero attached hydrogens (tertiary/aromatic N) is 5. The Labute approximate surface area is 261 Å². The number of anilines is 3. The normalized spacial score (nSPS) is 13.5. The fraction of sp³-hybridized carbons (Fsp3) is 0.133. The minimum atomic E-state index is 0.480. The Hall–Kier alpha value is -3.77. The van der Waals surface area contributed by atoms with Gasteiger partial charge in [0, 0.05) is 55.2 Å². The van der Waals surface area contributed by atoms with Gasteiger partial charge in [0.25, 0.3) is 0 Å². The third kappa shape index (κ3) is 5.29. The van der Waals surface area contributed by atoms with Gasteiger partial charge in [-0.1, -0.05) is 55.6 Å². The van der Waals surface area contributed by atoms with Crippen molar-refractivity contribution in [2.75, 3.05) is 36.5 Å². The van der Waals surface area contributed by atoms with Gasteiger partial charge in [-0.15, -0.1) is 0 Å². The molecule has 0 saturated carbocycles. The average Bonchev–Trinajstić information content (AvgIpc) is 3.57. The first kappa shape index (κ1) is 27.1. The van der Waals surface area contributed by atoms with E-state index in [1.807, 2.05) is 24.3 Å². The van der Waals surface area contributed by atoms with Crippen LogP contribution in [0.25, 0.3) is 43.9 Å². The summed E-state index contributed by atoms with van der Waals surface area (Å²) in [4.78, 5) is 25.9. The molecule has 0 bridgehead atoms. The Morgan fingerprint density at radius 3 is 2.00 bits per heavy atom. The number of aromatic amines is 2. The lowest BCUT2D eigenvalue weighted by atomic mass is 10.2. The Morgan fingerprint density at radius 2 is 1.33 bits per heavy atom. The third-order valence-electron chi connectivity index (χ3n) is 7.16. The van der Waals surface area contributed by atoms with Gasteiger partial charge in [0.05, 0.1) is 24.0 Å². The molecular weight excluding hydrogens is 684 g/mol. The van der Waals surface area contributed by atoms with Crippen LogP contribution in [0.15, 0.2) is 82.3 Å². The number of hydrogen-bond donors (Lipinski definition) is 3. The maximum absolute atomic E-state index is 6.03. The van der Waals surface area contributed by atoms with Crippen molar-refractivity contribution in [3.8, 4) is 0 Å². The minimum Gasteiger partial charge on any atom is -0.378 e. The number of benzene rings is 3. The molecule has 3 N–H and O–H groups in total. The number of fused-ring (bicyclic) bond motifs is 6. The zero-order valence-electron chi connectivity index (χ0n) is 22.0. The highest BCUT2D eigenvalue weighted by molar-refractivity contribution is 9.10. The van der Waals surface area contributed by atoms with Crippen LogP contribution in [0.4, 0.5) is 17.2 Å². The van der Waals surface area contributed by atoms with Gasteiger partial charge in [-0.05, 0) is 48.5 Å². The molecule has 0 spiro atoms. The van der Waals surface area contributed by atoms with Crippen molar-refractivity contribution in [3.63, 3.8) is 0 Å². The molecule has 9 nitrogen and oxygen atoms in total. The van der Waals surface area contributed by atoms with Gasteiger partial charge >= 0.3 is 0 Å². The summed E-state index contributed by atoms with van der Waals surface area (Å²) in [7, 11) is 0. The molecule has 1 aliphatic rings. The summed E-state index contributed by atoms with van der Waals surface area (Å²) in [5, 5.41) is 7.94. The van der Waals surface area contributed by atoms with Crippen molar-refractivity contribution in [1.82, 2.24) is 29.9 Å². The van der Waals surface area contributed by atoms with Crippen LogP contribution in [0.5, 0.6) is 0 Å². The summed E-state index contributed by atoms with van der Waals surface area (Å²) in [5.41, 5.74) is 5.84. The van der Waals surface area contributed by atoms with Crippen LogP contribution in [0.3, 0.4) is 0 Å². The Morgan fingerprint density at radius 1 is 0.738 bits per heavy atom. The summed E-state index contributed by atoms with van der Waals surface area (Å²) < 4.78 is 7.47. The molecule has 210 valence electrons. The molecule has 1 aliphatic heterocycles. The molecule has 12 heteroatoms. The second-order valence-corrected chi connectivity index (χ2v) is 11.9. The predicted octanol–water partition coefficient (Wildman–Crippen LogP) is 7.98. The molecule has 3 aromatic carbocycles. The number of morpholine rings is 1. The van der Waals surface area contributed by atoms with E-state index in [2.05, 4.69) is 108 Å². The second-order valence-electron chi connectivity index (χ2n) is 9.74. The van der Waals surface area contributed by atoms with Crippen molar-refractivity contribution >= 4 is 105 Å². The summed E-state index contributed by atoms with van der Waals surface area (Å²) in [6.07, 6.45) is 3.03. The highest BCUT2D eigenvalue weighted by Crippen LogP contribution is 2.33. The number of ether oxygens (including phenoxy) is 1. The number of rotatable bonds is 3. The van der Waals surface area contributed by atoms with Crippen LogP contribution in [-0.4, -0.2) is 56.2 Å². The Bertz CT molecular complexity index is 2050. The van der Waals surface area contributed by atoms with Gasteiger partial charge in [-0.2, -0.15) is 0 Å². The van der Waals surface area contributed by atoms with E-state index in [1.165, 1.54) is 12.0 Å². The largest absolute Gasteiger partial charge is 0.378 e. The number of halogens is 3. The number of nitrogens with one attached hydrogen (secondary N) is 3. The molecule has 1 saturated heterocycles. The highest BCUT2D eigenvalue weighted by atomic mass is 79.9. The van der Waals surface area contributed by atoms with Crippen LogP contribution in [0.2, 0.25) is 5.15 Å². The van der Waals surface area contributed by atoms with Crippen LogP contribution in [0.1, 0.15) is 0 Å². The van der Waals surface area contributed by atoms with E-state index in [0.29, 0.717) is 5.15 Å². The van der Waals surface area contributed by atoms with Gasteiger partial charge in [0.2, 0.25) is 0 Å². The summed E-state index contributed by atoms with van der Waals surface area (Å²) in [6.45, 7) is 3.44. The van der Waals surface area contributed by atoms with E-state index in [9.17, 15) is 0 Å². The maximum Gasteiger partial charge on any atom is 0.143 e. The van der Waals surface area contributed by atoms with E-state index in [-0.39, 0.29) is 0 Å². The van der Waals surface area contributed by atoms with Gasteiger partial charge in [0.1, 0.15) is 34.9 Å². The fourth-order valence-electron chi connectivity index (χ4n) is 5.17. The fourth-order valence-corrected chi connectivity index (χ4v) is 6.13. The van der Waals surface area contributed by atoms with Gasteiger partial charge < -0.3 is 24.9 Å². The summed E-state index contributed by atoms with van der Waals surface area (Å²) in [6, 6.07) is 20.6. The molecule has 1 fully saturated rings. The predicted molar refractivity (Wildman–Crippen MR) is 176 cm³/mol. The van der Waals surface area contributed by atoms with Crippen molar-refractivity contribution in [1.29, 1.82) is 0 Å². The quantitative estimate of drug-likeness (QED) is 0.160. The van der Waals surface area contributed by atoms with Crippen molar-refractivity contribution in [2.45, 2.75) is 0 Å². The summed E-state index contributed by atoms with van der Waals surface area (Å²) >= 11 is 13.0. The lowest BCUT2D eigenvalue weighted by Crippen LogP contribution is -2.36. The topological polar surface area (TPSA) is 108 Å². The second kappa shape index (κ2) is 11.5. The molecule has 42 heavy (non-hydrogen) atoms. The number of aromatic nitrogens is 6. The Balaban J connectivity index is 0.000000162. The molecule has 0 atom stereocenters. The SMILES string of the molecule is Brc1ccc2c(c1)[nH]c1ncnc(Nc3ccc(N4CCOCC4)cc3)c12.Clc1ncnc2[nH]c3cc(Br)ccc3c12. The summed E-state index contributed by atoms with van der Waals surface area (Å²) in [5.74, 6) is 0.799. The molecule has 8 rings (SSSR count). The molecule has 0 unspecified atom stereocenters. The van der Waals surface area contributed by atoms with Crippen molar-refractivity contribution in [2.24, 2.45) is 0 Å². The lowest BCUT2D eigenvalue weighted by molar-refractivity contribution is 0.122. The molecular formula is C30H23Br2ClN8O. The molecule has 5 heterocycles. The molecule has 0 radical (unpaired) electrons. The van der Waals surface area contributed by atoms with Gasteiger partial charge in [0.15, 0.2) is 0 Å². The van der Waals surface area contributed by atoms with Crippen molar-refractivity contribution in [3.05, 3.63) is 87.4 Å². The first-order chi connectivity index (χ1) is 20.5. The maximum atomic E-state index is 6.03. The van der Waals surface area contributed by atoms with Crippen molar-refractivity contribution < 1.29 is 4.74 Å². The first-order valence-electron chi connectivity index (χ1n) is 13.2. The molecule has 4 aromatic heterocycles. The van der Waals surface area contributed by atoms with Crippen LogP contribution in [0, 0.1) is 0 Å². The van der Waals surface area contributed by atoms with E-state index >= 15 is 0 Å². The standard InChI is InChI=1S/C20H18BrN5O.C10H5BrClN3/c21-13-1-6-16-17(11-13)25-20-18(16)19(22-12-23-20)24-14-2-4-15(5-3-14)26-7-9-27-10-8-26;11-5-1-2-6-7(3-5)15-10-8(6)9(12)13-4-14-10/h1-6,11-12H,7-10H2,(H2,22,23,24,25);1-4H,(H,13,14,15). The van der Waals surface area contributed by atoms with Gasteiger partial charge in [-0.25, -0.2) is 19.9 Å². The smallest absolute Gasteiger partial charge is 0.143 e. The molecule has 0 amide bonds. The highest BCUT2D eigenvalue weighted by Gasteiger charge is 2.14. The lowest BCUT2D eigenvalue weighted by Gasteiger charge is -2.28. The van der Waals surface area contributed by atoms with Crippen LogP contribution < -0.4 is 10.2 Å². The van der Waals surface area contributed by atoms with E-state index < -0.39 is 0 Å². The first-order valence-corrected chi connectivity index (χ1v) is 15.2.